The molecule has 3 aromatic heterocycles. The third kappa shape index (κ3) is 3.29. The second-order valence-corrected chi connectivity index (χ2v) is 7.83. The average molecular weight is 414 g/mol. The van der Waals surface area contributed by atoms with Crippen molar-refractivity contribution in [1.82, 2.24) is 24.5 Å². The van der Waals surface area contributed by atoms with Crippen LogP contribution in [0.4, 0.5) is 20.3 Å². The third-order valence-electron chi connectivity index (χ3n) is 4.94. The number of hydrogen-bond donors (Lipinski definition) is 2. The lowest BCUT2D eigenvalue weighted by Crippen LogP contribution is -2.45. The lowest BCUT2D eigenvalue weighted by Gasteiger charge is -2.32. The highest BCUT2D eigenvalue weighted by Crippen LogP contribution is 2.31. The fourth-order valence-corrected chi connectivity index (χ4v) is 4.34. The molecule has 1 aliphatic heterocycles. The molecule has 5 rings (SSSR count). The lowest BCUT2D eigenvalue weighted by atomic mass is 10.1. The Balaban J connectivity index is 1.42. The van der Waals surface area contributed by atoms with Crippen LogP contribution in [0.3, 0.4) is 0 Å². The number of aromatic amines is 1. The highest BCUT2D eigenvalue weighted by atomic mass is 32.1. The van der Waals surface area contributed by atoms with Crippen molar-refractivity contribution in [3.63, 3.8) is 0 Å². The molecule has 0 radical (unpaired) electrons. The number of aromatic nitrogens is 4. The van der Waals surface area contributed by atoms with Crippen molar-refractivity contribution < 1.29 is 13.6 Å². The number of fused-ring (bicyclic) bond motifs is 2. The van der Waals surface area contributed by atoms with Gasteiger partial charge in [-0.25, -0.2) is 8.78 Å². The number of piperidine rings is 1. The quantitative estimate of drug-likeness (QED) is 0.525. The van der Waals surface area contributed by atoms with E-state index in [9.17, 15) is 13.6 Å². The highest BCUT2D eigenvalue weighted by Gasteiger charge is 2.38. The number of pyridine rings is 1. The molecule has 1 saturated heterocycles. The molecule has 0 spiro atoms. The van der Waals surface area contributed by atoms with Gasteiger partial charge in [-0.3, -0.25) is 14.9 Å². The van der Waals surface area contributed by atoms with Gasteiger partial charge in [-0.1, -0.05) is 0 Å². The van der Waals surface area contributed by atoms with E-state index in [1.54, 1.807) is 12.3 Å². The second-order valence-electron chi connectivity index (χ2n) is 7.03. The standard InChI is InChI=1S/C19H16F2N6OS/c20-19(21)6-2-8-27(10-19)18(28)15-12-5-4-11(9-14(12)29-26-15)23-17-16-13(24-25-17)3-1-7-22-16/h1,3-5,7,9H,2,6,8,10H2,(H2,23,24,25). The molecule has 2 N–H and O–H groups in total. The Morgan fingerprint density at radius 1 is 1.31 bits per heavy atom. The summed E-state index contributed by atoms with van der Waals surface area (Å²) in [6.07, 6.45) is 1.80. The van der Waals surface area contributed by atoms with Crippen LogP contribution in [0, 0.1) is 0 Å². The zero-order chi connectivity index (χ0) is 20.0. The Kier molecular flexibility index (Phi) is 4.16. The molecular formula is C19H16F2N6OS. The summed E-state index contributed by atoms with van der Waals surface area (Å²) >= 11 is 1.17. The van der Waals surface area contributed by atoms with E-state index in [-0.39, 0.29) is 12.1 Å². The molecule has 0 bridgehead atoms. The molecule has 0 saturated carbocycles. The van der Waals surface area contributed by atoms with Gasteiger partial charge in [0.05, 0.1) is 16.8 Å². The Labute approximate surface area is 167 Å². The Hall–Kier alpha value is -3.14. The molecular weight excluding hydrogens is 398 g/mol. The number of carbonyl (C=O) groups excluding carboxylic acids is 1. The summed E-state index contributed by atoms with van der Waals surface area (Å²) in [5.41, 5.74) is 2.53. The number of hydrogen-bond acceptors (Lipinski definition) is 6. The Morgan fingerprint density at radius 3 is 3.07 bits per heavy atom. The first-order chi connectivity index (χ1) is 14.0. The minimum Gasteiger partial charge on any atom is -0.337 e. The van der Waals surface area contributed by atoms with Crippen LogP contribution in [0.2, 0.25) is 0 Å². The minimum atomic E-state index is -2.84. The molecule has 1 amide bonds. The molecule has 4 heterocycles. The second kappa shape index (κ2) is 6.73. The van der Waals surface area contributed by atoms with Gasteiger partial charge in [0, 0.05) is 30.2 Å². The number of anilines is 2. The van der Waals surface area contributed by atoms with Crippen molar-refractivity contribution in [1.29, 1.82) is 0 Å². The maximum atomic E-state index is 13.7. The first-order valence-corrected chi connectivity index (χ1v) is 9.90. The van der Waals surface area contributed by atoms with Crippen LogP contribution < -0.4 is 5.32 Å². The van der Waals surface area contributed by atoms with E-state index in [4.69, 9.17) is 0 Å². The molecule has 0 aliphatic carbocycles. The van der Waals surface area contributed by atoms with Gasteiger partial charge in [0.1, 0.15) is 11.2 Å². The maximum Gasteiger partial charge on any atom is 0.274 e. The summed E-state index contributed by atoms with van der Waals surface area (Å²) in [4.78, 5) is 18.3. The van der Waals surface area contributed by atoms with Crippen molar-refractivity contribution >= 4 is 50.1 Å². The summed E-state index contributed by atoms with van der Waals surface area (Å²) in [6, 6.07) is 9.15. The normalized spacial score (nSPS) is 16.4. The molecule has 29 heavy (non-hydrogen) atoms. The number of nitrogens with zero attached hydrogens (tertiary/aromatic N) is 4. The zero-order valence-electron chi connectivity index (χ0n) is 15.2. The smallest absolute Gasteiger partial charge is 0.274 e. The van der Waals surface area contributed by atoms with Crippen LogP contribution in [0.5, 0.6) is 0 Å². The van der Waals surface area contributed by atoms with Gasteiger partial charge < -0.3 is 10.2 Å². The monoisotopic (exact) mass is 414 g/mol. The highest BCUT2D eigenvalue weighted by molar-refractivity contribution is 7.13. The van der Waals surface area contributed by atoms with Crippen molar-refractivity contribution in [3.8, 4) is 0 Å². The molecule has 1 aromatic carbocycles. The predicted octanol–water partition coefficient (Wildman–Crippen LogP) is 4.18. The van der Waals surface area contributed by atoms with E-state index >= 15 is 0 Å². The number of rotatable bonds is 3. The van der Waals surface area contributed by atoms with Crippen molar-refractivity contribution in [2.45, 2.75) is 18.8 Å². The average Bonchev–Trinajstić information content (AvgIpc) is 3.31. The number of likely N-dealkylation sites (tertiary alicyclic amines) is 1. The van der Waals surface area contributed by atoms with Crippen LogP contribution in [-0.2, 0) is 0 Å². The number of H-pyrrole nitrogens is 1. The fraction of sp³-hybridized carbons (Fsp3) is 0.263. The number of alkyl halides is 2. The van der Waals surface area contributed by atoms with Crippen molar-refractivity contribution in [2.75, 3.05) is 18.4 Å². The molecule has 1 aliphatic rings. The fourth-order valence-electron chi connectivity index (χ4n) is 3.54. The van der Waals surface area contributed by atoms with Gasteiger partial charge in [-0.2, -0.15) is 9.47 Å². The molecule has 0 unspecified atom stereocenters. The SMILES string of the molecule is O=C(c1nsc2cc(Nc3n[nH]c4cccnc34)ccc12)N1CCCC(F)(F)C1. The van der Waals surface area contributed by atoms with Crippen molar-refractivity contribution in [2.24, 2.45) is 0 Å². The van der Waals surface area contributed by atoms with Gasteiger partial charge >= 0.3 is 0 Å². The predicted molar refractivity (Wildman–Crippen MR) is 107 cm³/mol. The van der Waals surface area contributed by atoms with E-state index in [2.05, 4.69) is 24.9 Å². The molecule has 10 heteroatoms. The van der Waals surface area contributed by atoms with Crippen LogP contribution in [0.25, 0.3) is 21.1 Å². The third-order valence-corrected chi connectivity index (χ3v) is 5.75. The summed E-state index contributed by atoms with van der Waals surface area (Å²) in [7, 11) is 0. The van der Waals surface area contributed by atoms with E-state index < -0.39 is 18.4 Å². The van der Waals surface area contributed by atoms with Crippen LogP contribution >= 0.6 is 11.5 Å². The first kappa shape index (κ1) is 17.9. The van der Waals surface area contributed by atoms with Gasteiger partial charge in [-0.05, 0) is 48.3 Å². The zero-order valence-corrected chi connectivity index (χ0v) is 16.0. The molecule has 1 fully saturated rings. The van der Waals surface area contributed by atoms with Crippen LogP contribution in [0.1, 0.15) is 23.3 Å². The van der Waals surface area contributed by atoms with E-state index in [0.29, 0.717) is 24.2 Å². The Bertz CT molecular complexity index is 1220. The number of nitrogens with one attached hydrogen (secondary N) is 2. The Morgan fingerprint density at radius 2 is 2.21 bits per heavy atom. The van der Waals surface area contributed by atoms with Gasteiger partial charge in [0.2, 0.25) is 0 Å². The molecule has 148 valence electrons. The van der Waals surface area contributed by atoms with Crippen molar-refractivity contribution in [3.05, 3.63) is 42.2 Å². The summed E-state index contributed by atoms with van der Waals surface area (Å²) in [5.74, 6) is -2.69. The number of halogens is 2. The van der Waals surface area contributed by atoms with Gasteiger partial charge in [0.25, 0.3) is 11.8 Å². The van der Waals surface area contributed by atoms with E-state index in [1.165, 1.54) is 16.4 Å². The molecule has 7 nitrogen and oxygen atoms in total. The number of benzene rings is 1. The number of amides is 1. The molecule has 4 aromatic rings. The molecule has 0 atom stereocenters. The van der Waals surface area contributed by atoms with E-state index in [1.807, 2.05) is 24.3 Å². The minimum absolute atomic E-state index is 0.180. The topological polar surface area (TPSA) is 86.8 Å². The lowest BCUT2D eigenvalue weighted by molar-refractivity contribution is -0.0560. The summed E-state index contributed by atoms with van der Waals surface area (Å²) in [5, 5.41) is 11.0. The van der Waals surface area contributed by atoms with Crippen LogP contribution in [-0.4, -0.2) is 49.4 Å². The van der Waals surface area contributed by atoms with E-state index in [0.717, 1.165) is 21.4 Å². The first-order valence-electron chi connectivity index (χ1n) is 9.13. The summed E-state index contributed by atoms with van der Waals surface area (Å²) < 4.78 is 32.4. The van der Waals surface area contributed by atoms with Gasteiger partial charge in [-0.15, -0.1) is 0 Å². The van der Waals surface area contributed by atoms with Crippen LogP contribution in [0.15, 0.2) is 36.5 Å². The summed E-state index contributed by atoms with van der Waals surface area (Å²) in [6.45, 7) is -0.226. The largest absolute Gasteiger partial charge is 0.337 e. The van der Waals surface area contributed by atoms with Gasteiger partial charge in [0.15, 0.2) is 5.82 Å². The number of carbonyl (C=O) groups is 1. The maximum absolute atomic E-state index is 13.7.